The molecule has 2 aromatic rings. The summed E-state index contributed by atoms with van der Waals surface area (Å²) in [5.74, 6) is -9.06. The monoisotopic (exact) mass is 808 g/mol. The van der Waals surface area contributed by atoms with Crippen LogP contribution in [0.4, 0.5) is 23.2 Å². The fourth-order valence-corrected chi connectivity index (χ4v) is 3.74. The van der Waals surface area contributed by atoms with Crippen molar-refractivity contribution in [3.05, 3.63) is 59.2 Å². The number of hydrogen-bond donors (Lipinski definition) is 6. The Balaban J connectivity index is -0.000000326. The highest BCUT2D eigenvalue weighted by Gasteiger charge is 2.27. The number of rotatable bonds is 18. The first-order valence-corrected chi connectivity index (χ1v) is 17.1. The summed E-state index contributed by atoms with van der Waals surface area (Å²) in [6.07, 6.45) is 2.81. The van der Waals surface area contributed by atoms with Gasteiger partial charge in [-0.1, -0.05) is 46.8 Å². The molecule has 0 saturated heterocycles. The molecule has 1 atom stereocenters. The minimum absolute atomic E-state index is 0.0386. The molecule has 19 heteroatoms. The second-order valence-corrected chi connectivity index (χ2v) is 11.8. The quantitative estimate of drug-likeness (QED) is 0.0318. The average molecular weight is 809 g/mol. The standard InChI is InChI=1S/C13H14F4O3.C9H11NO2.C8H16N2O2.C4H9NO.C2H5NO.CH5N/c1-13(2,6-19-3)5-9(18)20-12-10(16)7(14)4-8(15)11(12)17;1-10-9-4-2-8(3-5-9)6-12-7-11;1-6(2)7(9-3)8(12)10-4-5-11;1-2-3-5-4-6;3-1-2-4;1-2/h4H,5-6H2,1-3H3;2-5,7,10H,6H2,1H3;5-7,9H,4H2,1-3H3,(H,10,12);4H,2-3H2,1H3,(H,5,6);2H,1,3H2;2H2,1H3. The Morgan fingerprint density at radius 3 is 1.82 bits per heavy atom. The molecule has 0 aromatic heterocycles. The maximum atomic E-state index is 13.3. The van der Waals surface area contributed by atoms with Crippen LogP contribution in [0.15, 0.2) is 30.3 Å². The number of aldehydes is 2. The van der Waals surface area contributed by atoms with Crippen LogP contribution in [0.2, 0.25) is 0 Å². The van der Waals surface area contributed by atoms with Crippen molar-refractivity contribution in [1.29, 1.82) is 0 Å². The van der Waals surface area contributed by atoms with Crippen LogP contribution < -0.4 is 37.5 Å². The molecule has 0 heterocycles. The minimum Gasteiger partial charge on any atom is -0.463 e. The number of methoxy groups -OCH3 is 1. The van der Waals surface area contributed by atoms with Gasteiger partial charge in [0.05, 0.1) is 25.6 Å². The van der Waals surface area contributed by atoms with Crippen molar-refractivity contribution in [3.63, 3.8) is 0 Å². The Morgan fingerprint density at radius 1 is 0.929 bits per heavy atom. The first-order valence-electron chi connectivity index (χ1n) is 17.1. The van der Waals surface area contributed by atoms with E-state index >= 15 is 0 Å². The van der Waals surface area contributed by atoms with Gasteiger partial charge in [-0.3, -0.25) is 19.2 Å². The summed E-state index contributed by atoms with van der Waals surface area (Å²) in [7, 11) is 6.51. The molecule has 2 aromatic carbocycles. The molecule has 0 radical (unpaired) electrons. The fourth-order valence-electron chi connectivity index (χ4n) is 3.74. The van der Waals surface area contributed by atoms with Crippen molar-refractivity contribution < 1.29 is 60.5 Å². The molecule has 0 fully saturated rings. The number of carbonyl (C=O) groups is 6. The first-order chi connectivity index (χ1) is 26.5. The second kappa shape index (κ2) is 37.0. The highest BCUT2D eigenvalue weighted by molar-refractivity contribution is 5.83. The Morgan fingerprint density at radius 2 is 1.46 bits per heavy atom. The summed E-state index contributed by atoms with van der Waals surface area (Å²) in [6.45, 7) is 11.2. The van der Waals surface area contributed by atoms with Crippen LogP contribution in [-0.4, -0.2) is 97.9 Å². The van der Waals surface area contributed by atoms with Crippen LogP contribution in [0.25, 0.3) is 0 Å². The van der Waals surface area contributed by atoms with E-state index in [4.69, 9.17) is 9.53 Å². The molecule has 8 N–H and O–H groups in total. The highest BCUT2D eigenvalue weighted by atomic mass is 19.2. The summed E-state index contributed by atoms with van der Waals surface area (Å²) in [5, 5.41) is 10.9. The predicted octanol–water partition coefficient (Wildman–Crippen LogP) is 3.02. The maximum absolute atomic E-state index is 13.3. The van der Waals surface area contributed by atoms with Gasteiger partial charge in [0, 0.05) is 39.0 Å². The minimum atomic E-state index is -1.75. The molecule has 1 unspecified atom stereocenters. The number of hydrogen-bond acceptors (Lipinski definition) is 13. The highest BCUT2D eigenvalue weighted by Crippen LogP contribution is 2.28. The molecule has 0 aliphatic heterocycles. The topological polar surface area (TPSA) is 230 Å². The Kier molecular flexibility index (Phi) is 38.1. The number of nitrogens with two attached hydrogens (primary N) is 2. The lowest BCUT2D eigenvalue weighted by molar-refractivity contribution is -0.138. The Bertz CT molecular complexity index is 1350. The van der Waals surface area contributed by atoms with Crippen molar-refractivity contribution in [1.82, 2.24) is 16.0 Å². The summed E-state index contributed by atoms with van der Waals surface area (Å²) in [5.41, 5.74) is 10.5. The molecular weight excluding hydrogens is 748 g/mol. The van der Waals surface area contributed by atoms with Gasteiger partial charge < -0.3 is 56.5 Å². The Hall–Kier alpha value is -4.98. The number of halogens is 4. The fraction of sp³-hybridized carbons (Fsp3) is 0.514. The number of likely N-dealkylation sites (N-methyl/N-ethyl adjacent to an activating group) is 1. The van der Waals surface area contributed by atoms with Crippen molar-refractivity contribution in [3.8, 4) is 5.75 Å². The van der Waals surface area contributed by atoms with E-state index in [0.717, 1.165) is 24.2 Å². The summed E-state index contributed by atoms with van der Waals surface area (Å²) < 4.78 is 66.3. The number of nitrogens with one attached hydrogen (secondary N) is 4. The molecule has 0 bridgehead atoms. The van der Waals surface area contributed by atoms with E-state index in [1.165, 1.54) is 14.2 Å². The molecule has 0 saturated carbocycles. The lowest BCUT2D eigenvalue weighted by atomic mass is 9.91. The van der Waals surface area contributed by atoms with Gasteiger partial charge in [-0.05, 0) is 49.5 Å². The third-order valence-corrected chi connectivity index (χ3v) is 6.20. The zero-order valence-electron chi connectivity index (χ0n) is 33.6. The lowest BCUT2D eigenvalue weighted by Gasteiger charge is -2.22. The smallest absolute Gasteiger partial charge is 0.312 e. The zero-order chi connectivity index (χ0) is 44.1. The number of ether oxygens (including phenoxy) is 3. The van der Waals surface area contributed by atoms with Crippen LogP contribution >= 0.6 is 0 Å². The number of esters is 1. The van der Waals surface area contributed by atoms with E-state index in [1.807, 2.05) is 52.1 Å². The van der Waals surface area contributed by atoms with Crippen molar-refractivity contribution in [2.24, 2.45) is 22.8 Å². The molecule has 320 valence electrons. The van der Waals surface area contributed by atoms with Gasteiger partial charge in [0.2, 0.25) is 29.7 Å². The second-order valence-electron chi connectivity index (χ2n) is 11.8. The summed E-state index contributed by atoms with van der Waals surface area (Å²) in [6, 6.07) is 7.51. The normalized spacial score (nSPS) is 10.1. The number of benzene rings is 2. The molecular formula is C37H60F4N6O9. The van der Waals surface area contributed by atoms with Crippen LogP contribution in [0, 0.1) is 34.6 Å². The van der Waals surface area contributed by atoms with E-state index in [-0.39, 0.29) is 50.1 Å². The van der Waals surface area contributed by atoms with E-state index < -0.39 is 40.4 Å². The van der Waals surface area contributed by atoms with Gasteiger partial charge in [0.25, 0.3) is 6.47 Å². The zero-order valence-corrected chi connectivity index (χ0v) is 33.6. The van der Waals surface area contributed by atoms with Gasteiger partial charge in [0.1, 0.15) is 19.2 Å². The Labute approximate surface area is 326 Å². The molecule has 0 aliphatic rings. The molecule has 15 nitrogen and oxygen atoms in total. The van der Waals surface area contributed by atoms with Crippen LogP contribution in [0.5, 0.6) is 5.75 Å². The predicted molar refractivity (Wildman–Crippen MR) is 205 cm³/mol. The first kappa shape index (κ1) is 57.7. The molecule has 0 spiro atoms. The number of anilines is 1. The molecule has 2 amide bonds. The molecule has 56 heavy (non-hydrogen) atoms. The van der Waals surface area contributed by atoms with E-state index in [9.17, 15) is 41.5 Å². The third kappa shape index (κ3) is 29.4. The van der Waals surface area contributed by atoms with Crippen LogP contribution in [-0.2, 0) is 44.8 Å². The van der Waals surface area contributed by atoms with Gasteiger partial charge >= 0.3 is 5.97 Å². The van der Waals surface area contributed by atoms with Crippen molar-refractivity contribution >= 4 is 43.0 Å². The average Bonchev–Trinajstić information content (AvgIpc) is 3.18. The number of amides is 2. The van der Waals surface area contributed by atoms with Crippen LogP contribution in [0.1, 0.15) is 53.0 Å². The van der Waals surface area contributed by atoms with E-state index in [0.29, 0.717) is 32.1 Å². The summed E-state index contributed by atoms with van der Waals surface area (Å²) in [4.78, 5) is 61.1. The molecule has 0 aliphatic carbocycles. The van der Waals surface area contributed by atoms with Crippen molar-refractivity contribution in [2.45, 2.75) is 60.1 Å². The van der Waals surface area contributed by atoms with Gasteiger partial charge in [-0.25, -0.2) is 8.78 Å². The van der Waals surface area contributed by atoms with Crippen LogP contribution in [0.3, 0.4) is 0 Å². The SMILES string of the molecule is CCCNC=O.CN.CNC(C(=O)NCC=O)C(C)C.CNc1ccc(COC=O)cc1.COCC(C)(C)CC(=O)Oc1c(F)c(F)cc(F)c1F.NCC=O. The number of carbonyl (C=O) groups excluding carboxylic acids is 6. The molecule has 2 rings (SSSR count). The van der Waals surface area contributed by atoms with Gasteiger partial charge in [-0.2, -0.15) is 8.78 Å². The maximum Gasteiger partial charge on any atom is 0.312 e. The van der Waals surface area contributed by atoms with E-state index in [2.05, 4.69) is 42.2 Å². The van der Waals surface area contributed by atoms with Crippen molar-refractivity contribution in [2.75, 3.05) is 59.8 Å². The summed E-state index contributed by atoms with van der Waals surface area (Å²) >= 11 is 0. The largest absolute Gasteiger partial charge is 0.463 e. The lowest BCUT2D eigenvalue weighted by Crippen LogP contribution is -2.46. The third-order valence-electron chi connectivity index (χ3n) is 6.20. The van der Waals surface area contributed by atoms with Gasteiger partial charge in [-0.15, -0.1) is 0 Å². The van der Waals surface area contributed by atoms with Gasteiger partial charge in [0.15, 0.2) is 11.6 Å². The van der Waals surface area contributed by atoms with E-state index in [1.54, 1.807) is 20.9 Å².